The van der Waals surface area contributed by atoms with Gasteiger partial charge in [-0.15, -0.1) is 0 Å². The standard InChI is InChI=1S/C13H9NO3/c15-8-4-5-9-11(7-8)14-6-2-1-3-10(14)12(9)13(16)17/h1-7,15H,(H,16,17). The lowest BCUT2D eigenvalue weighted by Gasteiger charge is -1.96. The number of phenols is 1. The average molecular weight is 227 g/mol. The van der Waals surface area contributed by atoms with Crippen molar-refractivity contribution in [3.8, 4) is 5.75 Å². The summed E-state index contributed by atoms with van der Waals surface area (Å²) in [5.74, 6) is -0.841. The highest BCUT2D eigenvalue weighted by Gasteiger charge is 2.16. The third-order valence-electron chi connectivity index (χ3n) is 2.84. The summed E-state index contributed by atoms with van der Waals surface area (Å²) in [6.45, 7) is 0. The van der Waals surface area contributed by atoms with Crippen LogP contribution in [0.5, 0.6) is 5.75 Å². The molecule has 84 valence electrons. The molecule has 3 aromatic rings. The van der Waals surface area contributed by atoms with Crippen LogP contribution in [0.4, 0.5) is 0 Å². The Bertz CT molecular complexity index is 743. The van der Waals surface area contributed by atoms with Crippen LogP contribution in [0.3, 0.4) is 0 Å². The summed E-state index contributed by atoms with van der Waals surface area (Å²) < 4.78 is 1.76. The van der Waals surface area contributed by atoms with Crippen molar-refractivity contribution < 1.29 is 15.0 Å². The molecule has 0 radical (unpaired) electrons. The number of phenolic OH excluding ortho intramolecular Hbond substituents is 1. The van der Waals surface area contributed by atoms with E-state index in [9.17, 15) is 15.0 Å². The van der Waals surface area contributed by atoms with Crippen molar-refractivity contribution >= 4 is 22.4 Å². The minimum atomic E-state index is -0.964. The summed E-state index contributed by atoms with van der Waals surface area (Å²) in [6.07, 6.45) is 1.78. The fourth-order valence-corrected chi connectivity index (χ4v) is 2.15. The summed E-state index contributed by atoms with van der Waals surface area (Å²) in [5.41, 5.74) is 1.58. The van der Waals surface area contributed by atoms with E-state index in [2.05, 4.69) is 0 Å². The first kappa shape index (κ1) is 9.72. The maximum absolute atomic E-state index is 11.3. The Labute approximate surface area is 96.3 Å². The Hall–Kier alpha value is -2.49. The first-order chi connectivity index (χ1) is 8.18. The second kappa shape index (κ2) is 3.25. The third kappa shape index (κ3) is 1.27. The highest BCUT2D eigenvalue weighted by atomic mass is 16.4. The second-order valence-corrected chi connectivity index (χ2v) is 3.84. The van der Waals surface area contributed by atoms with Crippen molar-refractivity contribution in [1.82, 2.24) is 4.40 Å². The molecule has 1 aromatic carbocycles. The highest BCUT2D eigenvalue weighted by molar-refractivity contribution is 6.11. The van der Waals surface area contributed by atoms with Gasteiger partial charge in [0.2, 0.25) is 0 Å². The van der Waals surface area contributed by atoms with Gasteiger partial charge in [-0.2, -0.15) is 0 Å². The van der Waals surface area contributed by atoms with E-state index in [1.807, 2.05) is 6.07 Å². The molecule has 2 N–H and O–H groups in total. The van der Waals surface area contributed by atoms with Gasteiger partial charge in [-0.05, 0) is 24.3 Å². The normalized spacial score (nSPS) is 11.1. The lowest BCUT2D eigenvalue weighted by molar-refractivity contribution is 0.0701. The predicted octanol–water partition coefficient (Wildman–Crippen LogP) is 2.50. The minimum Gasteiger partial charge on any atom is -0.508 e. The molecule has 2 heterocycles. The molecule has 0 bridgehead atoms. The monoisotopic (exact) mass is 227 g/mol. The van der Waals surface area contributed by atoms with E-state index < -0.39 is 5.97 Å². The van der Waals surface area contributed by atoms with E-state index in [1.165, 1.54) is 6.07 Å². The van der Waals surface area contributed by atoms with Gasteiger partial charge < -0.3 is 14.6 Å². The fraction of sp³-hybridized carbons (Fsp3) is 0. The number of pyridine rings is 1. The fourth-order valence-electron chi connectivity index (χ4n) is 2.15. The van der Waals surface area contributed by atoms with Crippen LogP contribution < -0.4 is 0 Å². The number of hydrogen-bond acceptors (Lipinski definition) is 2. The van der Waals surface area contributed by atoms with E-state index in [0.717, 1.165) is 0 Å². The van der Waals surface area contributed by atoms with E-state index >= 15 is 0 Å². The Kier molecular flexibility index (Phi) is 1.86. The van der Waals surface area contributed by atoms with Gasteiger partial charge in [0, 0.05) is 17.6 Å². The van der Waals surface area contributed by atoms with Crippen LogP contribution in [0.1, 0.15) is 10.4 Å². The molecular weight excluding hydrogens is 218 g/mol. The van der Waals surface area contributed by atoms with Gasteiger partial charge in [-0.25, -0.2) is 4.79 Å². The molecule has 0 unspecified atom stereocenters. The van der Waals surface area contributed by atoms with Gasteiger partial charge in [0.25, 0.3) is 0 Å². The number of carboxylic acids is 1. The van der Waals surface area contributed by atoms with E-state index in [-0.39, 0.29) is 11.3 Å². The van der Waals surface area contributed by atoms with Gasteiger partial charge >= 0.3 is 5.97 Å². The zero-order valence-electron chi connectivity index (χ0n) is 8.79. The molecule has 0 amide bonds. The molecule has 0 aliphatic carbocycles. The molecule has 0 fully saturated rings. The van der Waals surface area contributed by atoms with Gasteiger partial charge in [0.15, 0.2) is 0 Å². The maximum Gasteiger partial charge on any atom is 0.338 e. The molecule has 4 nitrogen and oxygen atoms in total. The molecule has 0 aliphatic heterocycles. The molecule has 0 saturated heterocycles. The van der Waals surface area contributed by atoms with Crippen LogP contribution >= 0.6 is 0 Å². The molecule has 0 atom stereocenters. The molecule has 17 heavy (non-hydrogen) atoms. The first-order valence-electron chi connectivity index (χ1n) is 5.13. The Morgan fingerprint density at radius 1 is 1.12 bits per heavy atom. The van der Waals surface area contributed by atoms with Crippen molar-refractivity contribution in [2.45, 2.75) is 0 Å². The predicted molar refractivity (Wildman–Crippen MR) is 63.5 cm³/mol. The number of aromatic hydroxyl groups is 1. The topological polar surface area (TPSA) is 61.9 Å². The van der Waals surface area contributed by atoms with Gasteiger partial charge in [-0.3, -0.25) is 0 Å². The van der Waals surface area contributed by atoms with Crippen molar-refractivity contribution in [2.24, 2.45) is 0 Å². The van der Waals surface area contributed by atoms with E-state index in [0.29, 0.717) is 16.4 Å². The quantitative estimate of drug-likeness (QED) is 0.671. The van der Waals surface area contributed by atoms with Crippen LogP contribution in [0.25, 0.3) is 16.4 Å². The Morgan fingerprint density at radius 2 is 1.94 bits per heavy atom. The molecule has 3 rings (SSSR count). The summed E-state index contributed by atoms with van der Waals surface area (Å²) in [4.78, 5) is 11.3. The number of carboxylic acid groups (broad SMARTS) is 1. The summed E-state index contributed by atoms with van der Waals surface area (Å²) >= 11 is 0. The molecular formula is C13H9NO3. The summed E-state index contributed by atoms with van der Waals surface area (Å²) in [7, 11) is 0. The number of benzene rings is 1. The number of hydrogen-bond donors (Lipinski definition) is 2. The summed E-state index contributed by atoms with van der Waals surface area (Å²) in [6, 6.07) is 10.0. The minimum absolute atomic E-state index is 0.123. The Balaban J connectivity index is 2.62. The summed E-state index contributed by atoms with van der Waals surface area (Å²) in [5, 5.41) is 19.4. The first-order valence-corrected chi connectivity index (χ1v) is 5.13. The maximum atomic E-state index is 11.3. The number of rotatable bonds is 1. The lowest BCUT2D eigenvalue weighted by atomic mass is 10.1. The van der Waals surface area contributed by atoms with Gasteiger partial charge in [-0.1, -0.05) is 6.07 Å². The highest BCUT2D eigenvalue weighted by Crippen LogP contribution is 2.29. The van der Waals surface area contributed by atoms with Crippen LogP contribution in [0.2, 0.25) is 0 Å². The van der Waals surface area contributed by atoms with Crippen LogP contribution in [-0.4, -0.2) is 20.6 Å². The number of fused-ring (bicyclic) bond motifs is 3. The van der Waals surface area contributed by atoms with Crippen molar-refractivity contribution in [2.75, 3.05) is 0 Å². The second-order valence-electron chi connectivity index (χ2n) is 3.84. The Morgan fingerprint density at radius 3 is 2.71 bits per heavy atom. The largest absolute Gasteiger partial charge is 0.508 e. The van der Waals surface area contributed by atoms with E-state index in [1.54, 1.807) is 34.9 Å². The number of nitrogens with zero attached hydrogens (tertiary/aromatic N) is 1. The average Bonchev–Trinajstić information content (AvgIpc) is 2.63. The molecule has 4 heteroatoms. The number of aromatic carboxylic acids is 1. The smallest absolute Gasteiger partial charge is 0.338 e. The molecule has 0 saturated carbocycles. The number of carbonyl (C=O) groups is 1. The lowest BCUT2D eigenvalue weighted by Crippen LogP contribution is -1.95. The van der Waals surface area contributed by atoms with E-state index in [4.69, 9.17) is 0 Å². The van der Waals surface area contributed by atoms with Crippen molar-refractivity contribution in [1.29, 1.82) is 0 Å². The molecule has 2 aromatic heterocycles. The molecule has 0 aliphatic rings. The molecule has 0 spiro atoms. The van der Waals surface area contributed by atoms with Crippen LogP contribution in [-0.2, 0) is 0 Å². The number of aromatic nitrogens is 1. The van der Waals surface area contributed by atoms with Gasteiger partial charge in [0.05, 0.1) is 16.6 Å². The van der Waals surface area contributed by atoms with Crippen molar-refractivity contribution in [3.63, 3.8) is 0 Å². The van der Waals surface area contributed by atoms with Crippen molar-refractivity contribution in [3.05, 3.63) is 48.2 Å². The van der Waals surface area contributed by atoms with Crippen LogP contribution in [0.15, 0.2) is 42.6 Å². The van der Waals surface area contributed by atoms with Gasteiger partial charge in [0.1, 0.15) is 5.75 Å². The third-order valence-corrected chi connectivity index (χ3v) is 2.84. The zero-order chi connectivity index (χ0) is 12.0. The van der Waals surface area contributed by atoms with Crippen LogP contribution in [0, 0.1) is 0 Å². The zero-order valence-corrected chi connectivity index (χ0v) is 8.79. The SMILES string of the molecule is O=C(O)c1c2ccc(O)cc2n2ccccc12.